The van der Waals surface area contributed by atoms with Crippen molar-refractivity contribution in [3.63, 3.8) is 0 Å². The number of hydrogen-bond acceptors (Lipinski definition) is 3. The number of carbonyl (C=O) groups is 2. The molecule has 1 aliphatic rings. The molecule has 0 aliphatic carbocycles. The number of nitrogens with one attached hydrogen (secondary N) is 1. The molecule has 0 aromatic rings. The number of cyclic esters (lactones) is 1. The molecule has 0 radical (unpaired) electrons. The number of rotatable bonds is 3. The Hall–Kier alpha value is -1.13. The van der Waals surface area contributed by atoms with Crippen LogP contribution in [-0.2, 0) is 9.53 Å². The summed E-state index contributed by atoms with van der Waals surface area (Å²) < 4.78 is 16.5. The highest BCUT2D eigenvalue weighted by atomic mass is 19.1. The van der Waals surface area contributed by atoms with E-state index in [2.05, 4.69) is 0 Å². The highest BCUT2D eigenvalue weighted by molar-refractivity contribution is 6.02. The van der Waals surface area contributed by atoms with E-state index in [9.17, 15) is 14.0 Å². The summed E-state index contributed by atoms with van der Waals surface area (Å²) in [6, 6.07) is 0. The first-order valence-corrected chi connectivity index (χ1v) is 3.69. The van der Waals surface area contributed by atoms with E-state index in [1.54, 1.807) is 0 Å². The second kappa shape index (κ2) is 3.08. The van der Waals surface area contributed by atoms with Gasteiger partial charge in [-0.3, -0.25) is 14.5 Å². The molecule has 1 fully saturated rings. The SMILES string of the molecule is CC1(CCCF)OC(=O)NC1=O. The van der Waals surface area contributed by atoms with Crippen molar-refractivity contribution in [1.29, 1.82) is 0 Å². The molecular formula is C7H10FNO3. The third-order valence-corrected chi connectivity index (χ3v) is 1.80. The second-order valence-electron chi connectivity index (χ2n) is 2.87. The molecule has 5 heteroatoms. The molecule has 1 unspecified atom stereocenters. The van der Waals surface area contributed by atoms with Gasteiger partial charge in [0.05, 0.1) is 6.67 Å². The Kier molecular flexibility index (Phi) is 2.30. The van der Waals surface area contributed by atoms with E-state index in [1.165, 1.54) is 6.92 Å². The fraction of sp³-hybridized carbons (Fsp3) is 0.714. The zero-order valence-electron chi connectivity index (χ0n) is 6.72. The lowest BCUT2D eigenvalue weighted by atomic mass is 10.0. The molecule has 2 amide bonds. The summed E-state index contributed by atoms with van der Waals surface area (Å²) in [6.45, 7) is 0.962. The van der Waals surface area contributed by atoms with Crippen molar-refractivity contribution in [1.82, 2.24) is 5.32 Å². The van der Waals surface area contributed by atoms with Gasteiger partial charge in [-0.1, -0.05) is 0 Å². The van der Waals surface area contributed by atoms with Crippen LogP contribution in [-0.4, -0.2) is 24.3 Å². The van der Waals surface area contributed by atoms with Crippen LogP contribution in [0.25, 0.3) is 0 Å². The number of alkyl halides is 1. The van der Waals surface area contributed by atoms with Gasteiger partial charge >= 0.3 is 6.09 Å². The van der Waals surface area contributed by atoms with E-state index < -0.39 is 24.3 Å². The van der Waals surface area contributed by atoms with Crippen LogP contribution in [0.15, 0.2) is 0 Å². The van der Waals surface area contributed by atoms with Gasteiger partial charge in [0.1, 0.15) is 0 Å². The van der Waals surface area contributed by atoms with Gasteiger partial charge in [-0.15, -0.1) is 0 Å². The molecule has 0 bridgehead atoms. The Morgan fingerprint density at radius 1 is 1.58 bits per heavy atom. The maximum absolute atomic E-state index is 11.8. The maximum atomic E-state index is 11.8. The Morgan fingerprint density at radius 2 is 2.25 bits per heavy atom. The Morgan fingerprint density at radius 3 is 2.67 bits per heavy atom. The number of halogens is 1. The standard InChI is InChI=1S/C7H10FNO3/c1-7(3-2-4-8)5(10)9-6(11)12-7/h2-4H2,1H3,(H,9,10,11). The lowest BCUT2D eigenvalue weighted by molar-refractivity contribution is -0.130. The average Bonchev–Trinajstić information content (AvgIpc) is 2.23. The van der Waals surface area contributed by atoms with E-state index >= 15 is 0 Å². The van der Waals surface area contributed by atoms with Crippen molar-refractivity contribution >= 4 is 12.0 Å². The predicted octanol–water partition coefficient (Wildman–Crippen LogP) is 0.761. The highest BCUT2D eigenvalue weighted by Crippen LogP contribution is 2.22. The first-order valence-electron chi connectivity index (χ1n) is 3.69. The molecule has 4 nitrogen and oxygen atoms in total. The molecule has 1 N–H and O–H groups in total. The highest BCUT2D eigenvalue weighted by Gasteiger charge is 2.43. The second-order valence-corrected chi connectivity index (χ2v) is 2.87. The quantitative estimate of drug-likeness (QED) is 0.689. The largest absolute Gasteiger partial charge is 0.433 e. The van der Waals surface area contributed by atoms with Gasteiger partial charge in [-0.05, 0) is 19.8 Å². The minimum atomic E-state index is -1.16. The van der Waals surface area contributed by atoms with Crippen molar-refractivity contribution in [2.24, 2.45) is 0 Å². The van der Waals surface area contributed by atoms with Crippen LogP contribution < -0.4 is 5.32 Å². The zero-order valence-corrected chi connectivity index (χ0v) is 6.72. The van der Waals surface area contributed by atoms with Crippen LogP contribution in [0.2, 0.25) is 0 Å². The predicted molar refractivity (Wildman–Crippen MR) is 38.2 cm³/mol. The van der Waals surface area contributed by atoms with Crippen molar-refractivity contribution < 1.29 is 18.7 Å². The number of imide groups is 1. The first-order chi connectivity index (χ1) is 5.58. The van der Waals surface area contributed by atoms with Gasteiger partial charge in [-0.2, -0.15) is 0 Å². The monoisotopic (exact) mass is 175 g/mol. The molecule has 68 valence electrons. The van der Waals surface area contributed by atoms with Crippen LogP contribution in [0, 0.1) is 0 Å². The summed E-state index contributed by atoms with van der Waals surface area (Å²) in [6.07, 6.45) is -0.306. The number of alkyl carbamates (subject to hydrolysis) is 1. The number of ether oxygens (including phenoxy) is 1. The van der Waals surface area contributed by atoms with Crippen molar-refractivity contribution in [2.75, 3.05) is 6.67 Å². The summed E-state index contributed by atoms with van der Waals surface area (Å²) in [4.78, 5) is 21.6. The normalized spacial score (nSPS) is 28.5. The van der Waals surface area contributed by atoms with Crippen LogP contribution in [0.4, 0.5) is 9.18 Å². The third-order valence-electron chi connectivity index (χ3n) is 1.80. The van der Waals surface area contributed by atoms with Crippen LogP contribution in [0.5, 0.6) is 0 Å². The molecule has 1 heterocycles. The van der Waals surface area contributed by atoms with Crippen molar-refractivity contribution in [2.45, 2.75) is 25.4 Å². The minimum Gasteiger partial charge on any atom is -0.433 e. The van der Waals surface area contributed by atoms with Gasteiger partial charge in [0.2, 0.25) is 0 Å². The molecule has 1 atom stereocenters. The maximum Gasteiger partial charge on any atom is 0.415 e. The Balaban J connectivity index is 2.58. The van der Waals surface area contributed by atoms with E-state index in [1.807, 2.05) is 5.32 Å². The summed E-state index contributed by atoms with van der Waals surface area (Å²) in [5.41, 5.74) is -1.16. The molecule has 0 spiro atoms. The smallest absolute Gasteiger partial charge is 0.415 e. The summed E-state index contributed by atoms with van der Waals surface area (Å²) in [5, 5.41) is 1.99. The molecule has 1 aliphatic heterocycles. The lowest BCUT2D eigenvalue weighted by Gasteiger charge is -2.17. The Labute approximate surface area is 69.1 Å². The van der Waals surface area contributed by atoms with Gasteiger partial charge < -0.3 is 4.74 Å². The molecule has 1 rings (SSSR count). The molecule has 12 heavy (non-hydrogen) atoms. The summed E-state index contributed by atoms with van der Waals surface area (Å²) >= 11 is 0. The molecule has 0 saturated carbocycles. The van der Waals surface area contributed by atoms with Gasteiger partial charge in [0.15, 0.2) is 5.60 Å². The van der Waals surface area contributed by atoms with Crippen molar-refractivity contribution in [3.8, 4) is 0 Å². The van der Waals surface area contributed by atoms with E-state index in [0.717, 1.165) is 0 Å². The summed E-state index contributed by atoms with van der Waals surface area (Å²) in [7, 11) is 0. The number of amides is 2. The fourth-order valence-electron chi connectivity index (χ4n) is 1.07. The van der Waals surface area contributed by atoms with Gasteiger partial charge in [0, 0.05) is 0 Å². The van der Waals surface area contributed by atoms with Crippen LogP contribution in [0.1, 0.15) is 19.8 Å². The van der Waals surface area contributed by atoms with E-state index in [0.29, 0.717) is 0 Å². The lowest BCUT2D eigenvalue weighted by Crippen LogP contribution is -2.35. The topological polar surface area (TPSA) is 55.4 Å². The average molecular weight is 175 g/mol. The number of hydrogen-bond donors (Lipinski definition) is 1. The summed E-state index contributed by atoms with van der Waals surface area (Å²) in [5.74, 6) is -0.485. The molecular weight excluding hydrogens is 165 g/mol. The first kappa shape index (κ1) is 8.96. The molecule has 0 aromatic heterocycles. The third kappa shape index (κ3) is 1.54. The van der Waals surface area contributed by atoms with Crippen molar-refractivity contribution in [3.05, 3.63) is 0 Å². The fourth-order valence-corrected chi connectivity index (χ4v) is 1.07. The number of carbonyl (C=O) groups excluding carboxylic acids is 2. The van der Waals surface area contributed by atoms with Gasteiger partial charge in [-0.25, -0.2) is 4.79 Å². The Bertz CT molecular complexity index is 219. The molecule has 0 aromatic carbocycles. The van der Waals surface area contributed by atoms with E-state index in [4.69, 9.17) is 4.74 Å². The van der Waals surface area contributed by atoms with Crippen LogP contribution >= 0.6 is 0 Å². The van der Waals surface area contributed by atoms with E-state index in [-0.39, 0.29) is 12.8 Å². The van der Waals surface area contributed by atoms with Crippen LogP contribution in [0.3, 0.4) is 0 Å². The van der Waals surface area contributed by atoms with Gasteiger partial charge in [0.25, 0.3) is 5.91 Å². The zero-order chi connectivity index (χ0) is 9.19. The minimum absolute atomic E-state index is 0.219. The molecule has 1 saturated heterocycles.